The van der Waals surface area contributed by atoms with Crippen LogP contribution in [0.3, 0.4) is 0 Å². The van der Waals surface area contributed by atoms with Crippen molar-refractivity contribution in [1.29, 1.82) is 0 Å². The quantitative estimate of drug-likeness (QED) is 0.731. The summed E-state index contributed by atoms with van der Waals surface area (Å²) in [6, 6.07) is 10.0. The van der Waals surface area contributed by atoms with Gasteiger partial charge in [-0.15, -0.1) is 0 Å². The molecule has 1 aromatic carbocycles. The molecule has 1 saturated heterocycles. The van der Waals surface area contributed by atoms with Gasteiger partial charge >= 0.3 is 0 Å². The number of rotatable bonds is 5. The van der Waals surface area contributed by atoms with E-state index in [9.17, 15) is 4.79 Å². The van der Waals surface area contributed by atoms with Gasteiger partial charge in [-0.1, -0.05) is 19.9 Å². The number of hydrogen-bond donors (Lipinski definition) is 1. The van der Waals surface area contributed by atoms with E-state index in [1.54, 1.807) is 12.4 Å². The molecule has 1 aliphatic rings. The Morgan fingerprint density at radius 1 is 1.21 bits per heavy atom. The van der Waals surface area contributed by atoms with E-state index in [1.807, 2.05) is 18.2 Å². The van der Waals surface area contributed by atoms with Gasteiger partial charge in [0.05, 0.1) is 17.1 Å². The van der Waals surface area contributed by atoms with Gasteiger partial charge in [0.1, 0.15) is 0 Å². The zero-order valence-corrected chi connectivity index (χ0v) is 16.5. The molecule has 28 heavy (non-hydrogen) atoms. The van der Waals surface area contributed by atoms with Crippen LogP contribution in [-0.4, -0.2) is 33.5 Å². The van der Waals surface area contributed by atoms with Crippen molar-refractivity contribution in [2.75, 3.05) is 23.3 Å². The highest BCUT2D eigenvalue weighted by Gasteiger charge is 2.27. The van der Waals surface area contributed by atoms with Gasteiger partial charge in [-0.25, -0.2) is 9.97 Å². The van der Waals surface area contributed by atoms with Crippen LogP contribution >= 0.6 is 0 Å². The number of piperidine rings is 1. The van der Waals surface area contributed by atoms with Crippen molar-refractivity contribution in [2.24, 2.45) is 11.8 Å². The highest BCUT2D eigenvalue weighted by Crippen LogP contribution is 2.27. The number of benzene rings is 1. The average Bonchev–Trinajstić information content (AvgIpc) is 3.12. The number of nitrogens with zero attached hydrogens (tertiary/aromatic N) is 4. The second-order valence-corrected chi connectivity index (χ2v) is 7.92. The predicted molar refractivity (Wildman–Crippen MR) is 112 cm³/mol. The molecule has 3 heterocycles. The molecule has 1 atom stereocenters. The van der Waals surface area contributed by atoms with E-state index in [1.165, 1.54) is 0 Å². The third-order valence-corrected chi connectivity index (χ3v) is 5.26. The van der Waals surface area contributed by atoms with Gasteiger partial charge in [-0.05, 0) is 43.0 Å². The summed E-state index contributed by atoms with van der Waals surface area (Å²) in [5, 5.41) is 4.27. The molecule has 0 spiro atoms. The fourth-order valence-corrected chi connectivity index (χ4v) is 3.95. The van der Waals surface area contributed by atoms with Crippen LogP contribution in [0, 0.1) is 11.8 Å². The number of anilines is 2. The monoisotopic (exact) mass is 377 g/mol. The normalized spacial score (nSPS) is 17.2. The van der Waals surface area contributed by atoms with Crippen molar-refractivity contribution in [2.45, 2.75) is 33.2 Å². The Labute approximate surface area is 165 Å². The van der Waals surface area contributed by atoms with Crippen LogP contribution in [0.5, 0.6) is 0 Å². The maximum atomic E-state index is 13.0. The van der Waals surface area contributed by atoms with E-state index in [2.05, 4.69) is 56.9 Å². The molecule has 0 aliphatic carbocycles. The van der Waals surface area contributed by atoms with Gasteiger partial charge in [0, 0.05) is 43.6 Å². The molecule has 0 radical (unpaired) electrons. The number of carbonyl (C=O) groups excluding carboxylic acids is 1. The van der Waals surface area contributed by atoms with E-state index in [-0.39, 0.29) is 11.8 Å². The van der Waals surface area contributed by atoms with Gasteiger partial charge in [0.2, 0.25) is 11.9 Å². The largest absolute Gasteiger partial charge is 0.347 e. The molecule has 4 rings (SSSR count). The molecule has 1 unspecified atom stereocenters. The maximum Gasteiger partial charge on any atom is 0.229 e. The number of amides is 1. The number of carbonyl (C=O) groups is 1. The lowest BCUT2D eigenvalue weighted by Gasteiger charge is -2.31. The van der Waals surface area contributed by atoms with Crippen molar-refractivity contribution < 1.29 is 4.79 Å². The lowest BCUT2D eigenvalue weighted by Crippen LogP contribution is -2.41. The molecule has 2 aromatic heterocycles. The van der Waals surface area contributed by atoms with Crippen molar-refractivity contribution in [3.8, 4) is 0 Å². The zero-order chi connectivity index (χ0) is 19.5. The zero-order valence-electron chi connectivity index (χ0n) is 16.5. The fourth-order valence-electron chi connectivity index (χ4n) is 3.95. The Bertz CT molecular complexity index is 950. The SMILES string of the molecule is CC(C)Cn1ccc2c(NC(=O)C3CCCN(c4ncccn4)C3)cccc21. The van der Waals surface area contributed by atoms with Gasteiger partial charge in [0.25, 0.3) is 0 Å². The summed E-state index contributed by atoms with van der Waals surface area (Å²) < 4.78 is 2.25. The van der Waals surface area contributed by atoms with E-state index < -0.39 is 0 Å². The first-order valence-electron chi connectivity index (χ1n) is 10.0. The van der Waals surface area contributed by atoms with Crippen molar-refractivity contribution in [1.82, 2.24) is 14.5 Å². The predicted octanol–water partition coefficient (Wildman–Crippen LogP) is 3.94. The van der Waals surface area contributed by atoms with Gasteiger partial charge in [-0.2, -0.15) is 0 Å². The van der Waals surface area contributed by atoms with Crippen LogP contribution in [0.2, 0.25) is 0 Å². The number of fused-ring (bicyclic) bond motifs is 1. The Hall–Kier alpha value is -2.89. The van der Waals surface area contributed by atoms with Gasteiger partial charge < -0.3 is 14.8 Å². The molecule has 1 fully saturated rings. The molecule has 6 nitrogen and oxygen atoms in total. The van der Waals surface area contributed by atoms with Crippen LogP contribution in [-0.2, 0) is 11.3 Å². The molecule has 146 valence electrons. The molecule has 1 amide bonds. The molecule has 6 heteroatoms. The Morgan fingerprint density at radius 3 is 2.82 bits per heavy atom. The highest BCUT2D eigenvalue weighted by molar-refractivity contribution is 6.02. The second-order valence-electron chi connectivity index (χ2n) is 7.92. The average molecular weight is 377 g/mol. The molecule has 1 N–H and O–H groups in total. The Kier molecular flexibility index (Phi) is 5.28. The van der Waals surface area contributed by atoms with E-state index >= 15 is 0 Å². The van der Waals surface area contributed by atoms with E-state index in [0.717, 1.165) is 42.5 Å². The molecule has 0 bridgehead atoms. The van der Waals surface area contributed by atoms with E-state index in [4.69, 9.17) is 0 Å². The van der Waals surface area contributed by atoms with Gasteiger partial charge in [-0.3, -0.25) is 4.79 Å². The molecule has 1 aliphatic heterocycles. The summed E-state index contributed by atoms with van der Waals surface area (Å²) in [6.45, 7) is 6.93. The van der Waals surface area contributed by atoms with Crippen LogP contribution in [0.1, 0.15) is 26.7 Å². The van der Waals surface area contributed by atoms with Crippen LogP contribution in [0.4, 0.5) is 11.6 Å². The van der Waals surface area contributed by atoms with Crippen molar-refractivity contribution >= 4 is 28.4 Å². The maximum absolute atomic E-state index is 13.0. The fraction of sp³-hybridized carbons (Fsp3) is 0.409. The summed E-state index contributed by atoms with van der Waals surface area (Å²) in [7, 11) is 0. The Morgan fingerprint density at radius 2 is 2.04 bits per heavy atom. The minimum atomic E-state index is -0.0643. The summed E-state index contributed by atoms with van der Waals surface area (Å²) in [5.41, 5.74) is 2.05. The number of hydrogen-bond acceptors (Lipinski definition) is 4. The van der Waals surface area contributed by atoms with Crippen molar-refractivity contribution in [3.63, 3.8) is 0 Å². The van der Waals surface area contributed by atoms with E-state index in [0.29, 0.717) is 18.4 Å². The first-order valence-corrected chi connectivity index (χ1v) is 10.0. The molecule has 0 saturated carbocycles. The van der Waals surface area contributed by atoms with Crippen LogP contribution in [0.25, 0.3) is 10.9 Å². The number of aromatic nitrogens is 3. The number of nitrogens with one attached hydrogen (secondary N) is 1. The van der Waals surface area contributed by atoms with Gasteiger partial charge in [0.15, 0.2) is 0 Å². The van der Waals surface area contributed by atoms with Crippen LogP contribution < -0.4 is 10.2 Å². The molecular weight excluding hydrogens is 350 g/mol. The Balaban J connectivity index is 1.50. The summed E-state index contributed by atoms with van der Waals surface area (Å²) in [6.07, 6.45) is 7.45. The summed E-state index contributed by atoms with van der Waals surface area (Å²) in [4.78, 5) is 23.7. The first-order chi connectivity index (χ1) is 13.6. The first kappa shape index (κ1) is 18.5. The summed E-state index contributed by atoms with van der Waals surface area (Å²) >= 11 is 0. The van der Waals surface area contributed by atoms with Crippen molar-refractivity contribution in [3.05, 3.63) is 48.9 Å². The standard InChI is InChI=1S/C22H27N5O/c1-16(2)14-26-13-9-18-19(7-3-8-20(18)26)25-21(28)17-6-4-12-27(15-17)22-23-10-5-11-24-22/h3,5,7-11,13,16-17H,4,6,12,14-15H2,1-2H3,(H,25,28). The summed E-state index contributed by atoms with van der Waals surface area (Å²) in [5.74, 6) is 1.28. The highest BCUT2D eigenvalue weighted by atomic mass is 16.1. The minimum Gasteiger partial charge on any atom is -0.347 e. The second kappa shape index (κ2) is 8.00. The topological polar surface area (TPSA) is 63.1 Å². The van der Waals surface area contributed by atoms with Crippen LogP contribution in [0.15, 0.2) is 48.9 Å². The lowest BCUT2D eigenvalue weighted by atomic mass is 9.97. The smallest absolute Gasteiger partial charge is 0.229 e. The lowest BCUT2D eigenvalue weighted by molar-refractivity contribution is -0.120. The minimum absolute atomic E-state index is 0.0643. The molecular formula is C22H27N5O. The third kappa shape index (κ3) is 3.86. The molecule has 3 aromatic rings. The third-order valence-electron chi connectivity index (χ3n) is 5.26.